The summed E-state index contributed by atoms with van der Waals surface area (Å²) in [5, 5.41) is 6.63. The second-order valence-electron chi connectivity index (χ2n) is 6.14. The van der Waals surface area contributed by atoms with E-state index in [4.69, 9.17) is 0 Å². The zero-order valence-corrected chi connectivity index (χ0v) is 14.7. The fourth-order valence-corrected chi connectivity index (χ4v) is 2.65. The van der Waals surface area contributed by atoms with Gasteiger partial charge in [-0.3, -0.25) is 9.59 Å². The zero-order chi connectivity index (χ0) is 18.8. The maximum absolute atomic E-state index is 14.1. The van der Waals surface area contributed by atoms with Crippen LogP contribution in [0.2, 0.25) is 0 Å². The summed E-state index contributed by atoms with van der Waals surface area (Å²) in [6.07, 6.45) is 0. The second kappa shape index (κ2) is 6.92. The maximum atomic E-state index is 14.1. The van der Waals surface area contributed by atoms with Crippen molar-refractivity contribution in [2.24, 2.45) is 0 Å². The quantitative estimate of drug-likeness (QED) is 0.785. The van der Waals surface area contributed by atoms with Crippen molar-refractivity contribution >= 4 is 11.6 Å². The number of carbonyl (C=O) groups excluding carboxylic acids is 1. The van der Waals surface area contributed by atoms with Crippen LogP contribution in [0.15, 0.2) is 53.3 Å². The Hall–Kier alpha value is -3.28. The fourth-order valence-electron chi connectivity index (χ4n) is 2.65. The van der Waals surface area contributed by atoms with Crippen LogP contribution in [0.3, 0.4) is 0 Å². The summed E-state index contributed by atoms with van der Waals surface area (Å²) in [4.78, 5) is 24.8. The first-order valence-electron chi connectivity index (χ1n) is 8.11. The summed E-state index contributed by atoms with van der Waals surface area (Å²) in [5.41, 5.74) is 1.96. The van der Waals surface area contributed by atoms with Crippen LogP contribution in [0, 0.1) is 26.6 Å². The predicted octanol–water partition coefficient (Wildman–Crippen LogP) is 3.55. The van der Waals surface area contributed by atoms with Crippen LogP contribution in [0.5, 0.6) is 0 Å². The van der Waals surface area contributed by atoms with Crippen LogP contribution in [0.1, 0.15) is 27.3 Å². The lowest BCUT2D eigenvalue weighted by Gasteiger charge is -2.12. The predicted molar refractivity (Wildman–Crippen MR) is 98.4 cm³/mol. The number of rotatable bonds is 3. The molecule has 132 valence electrons. The highest BCUT2D eigenvalue weighted by molar-refractivity contribution is 6.02. The van der Waals surface area contributed by atoms with Gasteiger partial charge in [0.1, 0.15) is 5.82 Å². The van der Waals surface area contributed by atoms with Crippen LogP contribution < -0.4 is 10.7 Å². The molecule has 0 aliphatic rings. The number of hydrogen-bond acceptors (Lipinski definition) is 3. The average Bonchev–Trinajstić information content (AvgIpc) is 2.59. The SMILES string of the molecule is Cc1cccc(-n2nc(C(=O)Nc3cccc(C)c3F)c(=O)cc2C)c1. The molecule has 0 spiro atoms. The molecular weight excluding hydrogens is 333 g/mol. The van der Waals surface area contributed by atoms with E-state index >= 15 is 0 Å². The molecule has 0 aliphatic carbocycles. The summed E-state index contributed by atoms with van der Waals surface area (Å²) in [5.74, 6) is -1.28. The first-order chi connectivity index (χ1) is 12.4. The molecular formula is C20H18FN3O2. The van der Waals surface area contributed by atoms with Crippen molar-refractivity contribution in [1.82, 2.24) is 9.78 Å². The third kappa shape index (κ3) is 3.39. The maximum Gasteiger partial charge on any atom is 0.280 e. The molecule has 5 nitrogen and oxygen atoms in total. The Kier molecular flexibility index (Phi) is 4.67. The lowest BCUT2D eigenvalue weighted by molar-refractivity contribution is 0.101. The molecule has 2 aromatic carbocycles. The number of halogens is 1. The van der Waals surface area contributed by atoms with Gasteiger partial charge in [0.25, 0.3) is 5.91 Å². The lowest BCUT2D eigenvalue weighted by atomic mass is 10.2. The number of nitrogens with one attached hydrogen (secondary N) is 1. The number of benzene rings is 2. The van der Waals surface area contributed by atoms with Crippen molar-refractivity contribution in [3.63, 3.8) is 0 Å². The largest absolute Gasteiger partial charge is 0.318 e. The van der Waals surface area contributed by atoms with Crippen molar-refractivity contribution in [2.75, 3.05) is 5.32 Å². The molecule has 6 heteroatoms. The number of aryl methyl sites for hydroxylation is 3. The van der Waals surface area contributed by atoms with Gasteiger partial charge in [-0.15, -0.1) is 0 Å². The number of anilines is 1. The monoisotopic (exact) mass is 351 g/mol. The Bertz CT molecular complexity index is 1060. The first kappa shape index (κ1) is 17.5. The van der Waals surface area contributed by atoms with Gasteiger partial charge in [0.15, 0.2) is 5.69 Å². The van der Waals surface area contributed by atoms with Crippen molar-refractivity contribution < 1.29 is 9.18 Å². The molecule has 0 fully saturated rings. The van der Waals surface area contributed by atoms with Gasteiger partial charge in [-0.05, 0) is 50.1 Å². The van der Waals surface area contributed by atoms with Gasteiger partial charge in [0, 0.05) is 11.8 Å². The molecule has 1 aromatic heterocycles. The minimum absolute atomic E-state index is 0.0129. The molecule has 0 saturated carbocycles. The van der Waals surface area contributed by atoms with E-state index in [1.54, 1.807) is 26.0 Å². The molecule has 1 amide bonds. The van der Waals surface area contributed by atoms with Gasteiger partial charge in [-0.2, -0.15) is 5.10 Å². The van der Waals surface area contributed by atoms with Crippen LogP contribution in [0.4, 0.5) is 10.1 Å². The van der Waals surface area contributed by atoms with Crippen molar-refractivity contribution in [3.05, 3.63) is 87.1 Å². The molecule has 0 aliphatic heterocycles. The highest BCUT2D eigenvalue weighted by Crippen LogP contribution is 2.17. The van der Waals surface area contributed by atoms with E-state index in [-0.39, 0.29) is 11.4 Å². The minimum Gasteiger partial charge on any atom is -0.318 e. The van der Waals surface area contributed by atoms with Crippen LogP contribution >= 0.6 is 0 Å². The summed E-state index contributed by atoms with van der Waals surface area (Å²) < 4.78 is 15.6. The third-order valence-electron chi connectivity index (χ3n) is 4.01. The molecule has 0 radical (unpaired) electrons. The molecule has 3 rings (SSSR count). The zero-order valence-electron chi connectivity index (χ0n) is 14.7. The standard InChI is InChI=1S/C20H18FN3O2/c1-12-6-4-8-15(10-12)24-14(3)11-17(25)19(23-24)20(26)22-16-9-5-7-13(2)18(16)21/h4-11H,1-3H3,(H,22,26). The van der Waals surface area contributed by atoms with Gasteiger partial charge in [-0.25, -0.2) is 9.07 Å². The second-order valence-corrected chi connectivity index (χ2v) is 6.14. The third-order valence-corrected chi connectivity index (χ3v) is 4.01. The normalized spacial score (nSPS) is 10.6. The van der Waals surface area contributed by atoms with Gasteiger partial charge in [0.2, 0.25) is 5.43 Å². The molecule has 3 aromatic rings. The van der Waals surface area contributed by atoms with Crippen molar-refractivity contribution in [1.29, 1.82) is 0 Å². The molecule has 1 heterocycles. The summed E-state index contributed by atoms with van der Waals surface area (Å²) in [6.45, 7) is 5.27. The van der Waals surface area contributed by atoms with Crippen LogP contribution in [0.25, 0.3) is 5.69 Å². The summed E-state index contributed by atoms with van der Waals surface area (Å²) in [7, 11) is 0. The van der Waals surface area contributed by atoms with E-state index < -0.39 is 17.2 Å². The minimum atomic E-state index is -0.749. The van der Waals surface area contributed by atoms with Crippen LogP contribution in [-0.2, 0) is 0 Å². The number of hydrogen-bond donors (Lipinski definition) is 1. The highest BCUT2D eigenvalue weighted by Gasteiger charge is 2.17. The van der Waals surface area contributed by atoms with Gasteiger partial charge < -0.3 is 5.32 Å². The van der Waals surface area contributed by atoms with E-state index in [9.17, 15) is 14.0 Å². The fraction of sp³-hybridized carbons (Fsp3) is 0.150. The smallest absolute Gasteiger partial charge is 0.280 e. The molecule has 0 saturated heterocycles. The topological polar surface area (TPSA) is 64.0 Å². The van der Waals surface area contributed by atoms with E-state index in [1.807, 2.05) is 31.2 Å². The average molecular weight is 351 g/mol. The Morgan fingerprint density at radius 2 is 1.81 bits per heavy atom. The summed E-state index contributed by atoms with van der Waals surface area (Å²) in [6, 6.07) is 13.5. The van der Waals surface area contributed by atoms with Gasteiger partial charge >= 0.3 is 0 Å². The number of aromatic nitrogens is 2. The van der Waals surface area contributed by atoms with E-state index in [1.165, 1.54) is 16.8 Å². The molecule has 26 heavy (non-hydrogen) atoms. The van der Waals surface area contributed by atoms with Crippen LogP contribution in [-0.4, -0.2) is 15.7 Å². The number of carbonyl (C=O) groups is 1. The summed E-state index contributed by atoms with van der Waals surface area (Å²) >= 11 is 0. The molecule has 0 atom stereocenters. The molecule has 0 bridgehead atoms. The highest BCUT2D eigenvalue weighted by atomic mass is 19.1. The Morgan fingerprint density at radius 3 is 2.54 bits per heavy atom. The Balaban J connectivity index is 2.02. The van der Waals surface area contributed by atoms with E-state index in [0.717, 1.165) is 11.3 Å². The van der Waals surface area contributed by atoms with E-state index in [0.29, 0.717) is 11.3 Å². The lowest BCUT2D eigenvalue weighted by Crippen LogP contribution is -2.27. The van der Waals surface area contributed by atoms with Gasteiger partial charge in [-0.1, -0.05) is 24.3 Å². The van der Waals surface area contributed by atoms with Crippen molar-refractivity contribution in [2.45, 2.75) is 20.8 Å². The van der Waals surface area contributed by atoms with Crippen molar-refractivity contribution in [3.8, 4) is 5.69 Å². The Labute approximate surface area is 150 Å². The molecule has 0 unspecified atom stereocenters. The van der Waals surface area contributed by atoms with E-state index in [2.05, 4.69) is 10.4 Å². The number of amides is 1. The molecule has 1 N–H and O–H groups in total. The number of nitrogens with zero attached hydrogens (tertiary/aromatic N) is 2. The van der Waals surface area contributed by atoms with Gasteiger partial charge in [0.05, 0.1) is 11.4 Å². The Morgan fingerprint density at radius 1 is 1.08 bits per heavy atom. The first-order valence-corrected chi connectivity index (χ1v) is 8.11.